The second-order valence-electron chi connectivity index (χ2n) is 6.35. The van der Waals surface area contributed by atoms with Gasteiger partial charge in [-0.15, -0.1) is 11.8 Å². The third-order valence-corrected chi connectivity index (χ3v) is 6.19. The van der Waals surface area contributed by atoms with E-state index in [4.69, 9.17) is 0 Å². The molecule has 21 heavy (non-hydrogen) atoms. The predicted octanol–water partition coefficient (Wildman–Crippen LogP) is 2.71. The quantitative estimate of drug-likeness (QED) is 0.870. The number of amides is 2. The number of hydrogen-bond acceptors (Lipinski definition) is 3. The van der Waals surface area contributed by atoms with Crippen LogP contribution in [0, 0.1) is 11.8 Å². The number of carbonyl (C=O) groups excluding carboxylic acids is 1. The summed E-state index contributed by atoms with van der Waals surface area (Å²) < 4.78 is 0. The Bertz CT molecular complexity index is 394. The number of thioether (sulfide) groups is 1. The third-order valence-electron chi connectivity index (χ3n) is 4.57. The van der Waals surface area contributed by atoms with Crippen molar-refractivity contribution in [3.8, 4) is 0 Å². The molecule has 2 saturated heterocycles. The van der Waals surface area contributed by atoms with Crippen molar-refractivity contribution in [3.05, 3.63) is 0 Å². The number of carboxylic acid groups (broad SMARTS) is 1. The molecule has 0 aliphatic carbocycles. The Hall–Kier alpha value is -0.910. The van der Waals surface area contributed by atoms with E-state index in [-0.39, 0.29) is 17.3 Å². The van der Waals surface area contributed by atoms with Crippen molar-refractivity contribution in [2.75, 3.05) is 18.8 Å². The Labute approximate surface area is 131 Å². The number of urea groups is 1. The van der Waals surface area contributed by atoms with E-state index >= 15 is 0 Å². The van der Waals surface area contributed by atoms with E-state index < -0.39 is 12.0 Å². The van der Waals surface area contributed by atoms with Crippen LogP contribution in [-0.4, -0.2) is 57.2 Å². The number of carbonyl (C=O) groups is 2. The number of piperidine rings is 1. The van der Waals surface area contributed by atoms with Crippen LogP contribution in [0.25, 0.3) is 0 Å². The van der Waals surface area contributed by atoms with Gasteiger partial charge in [-0.3, -0.25) is 4.90 Å². The number of nitrogens with zero attached hydrogens (tertiary/aromatic N) is 2. The number of likely N-dealkylation sites (tertiary alicyclic amines) is 1. The van der Waals surface area contributed by atoms with E-state index in [2.05, 4.69) is 6.92 Å². The molecule has 2 fully saturated rings. The first-order valence-electron chi connectivity index (χ1n) is 7.87. The summed E-state index contributed by atoms with van der Waals surface area (Å²) in [5.74, 6) is 0.576. The van der Waals surface area contributed by atoms with Gasteiger partial charge in [-0.25, -0.2) is 9.59 Å². The zero-order valence-electron chi connectivity index (χ0n) is 13.1. The molecule has 2 atom stereocenters. The molecule has 0 saturated carbocycles. The van der Waals surface area contributed by atoms with Gasteiger partial charge in [0.15, 0.2) is 0 Å². The maximum atomic E-state index is 12.8. The summed E-state index contributed by atoms with van der Waals surface area (Å²) in [7, 11) is 0. The minimum absolute atomic E-state index is 0.0255. The lowest BCUT2D eigenvalue weighted by Gasteiger charge is -2.38. The molecular formula is C15H26N2O3S. The van der Waals surface area contributed by atoms with Crippen LogP contribution < -0.4 is 0 Å². The highest BCUT2D eigenvalue weighted by molar-refractivity contribution is 8.00. The van der Waals surface area contributed by atoms with Gasteiger partial charge < -0.3 is 10.0 Å². The SMILES string of the molecule is CCC1CCN(C(=O)N2C(C(=O)O)CSC2C(C)C)CC1. The van der Waals surface area contributed by atoms with E-state index in [9.17, 15) is 14.7 Å². The first kappa shape index (κ1) is 16.5. The Kier molecular flexibility index (Phi) is 5.41. The van der Waals surface area contributed by atoms with Crippen LogP contribution in [0.15, 0.2) is 0 Å². The minimum Gasteiger partial charge on any atom is -0.480 e. The highest BCUT2D eigenvalue weighted by atomic mass is 32.2. The van der Waals surface area contributed by atoms with Gasteiger partial charge in [0.25, 0.3) is 0 Å². The maximum Gasteiger partial charge on any atom is 0.327 e. The second kappa shape index (κ2) is 6.90. The highest BCUT2D eigenvalue weighted by Gasteiger charge is 2.44. The molecule has 0 aromatic rings. The Balaban J connectivity index is 2.08. The van der Waals surface area contributed by atoms with Gasteiger partial charge in [0.05, 0.1) is 5.37 Å². The normalized spacial score (nSPS) is 27.4. The molecule has 2 aliphatic rings. The molecule has 1 N–H and O–H groups in total. The van der Waals surface area contributed by atoms with E-state index in [1.165, 1.54) is 0 Å². The van der Waals surface area contributed by atoms with E-state index in [1.54, 1.807) is 16.7 Å². The van der Waals surface area contributed by atoms with Gasteiger partial charge in [0.2, 0.25) is 0 Å². The minimum atomic E-state index is -0.887. The molecule has 2 rings (SSSR count). The van der Waals surface area contributed by atoms with E-state index in [0.717, 1.165) is 32.4 Å². The van der Waals surface area contributed by atoms with Crippen LogP contribution in [0.3, 0.4) is 0 Å². The van der Waals surface area contributed by atoms with Crippen LogP contribution in [0.1, 0.15) is 40.0 Å². The van der Waals surface area contributed by atoms with Crippen LogP contribution in [0.5, 0.6) is 0 Å². The van der Waals surface area contributed by atoms with Crippen molar-refractivity contribution in [1.82, 2.24) is 9.80 Å². The summed E-state index contributed by atoms with van der Waals surface area (Å²) >= 11 is 1.59. The predicted molar refractivity (Wildman–Crippen MR) is 84.3 cm³/mol. The topological polar surface area (TPSA) is 60.9 Å². The summed E-state index contributed by atoms with van der Waals surface area (Å²) in [6.45, 7) is 7.80. The molecule has 6 heteroatoms. The fourth-order valence-electron chi connectivity index (χ4n) is 3.17. The zero-order chi connectivity index (χ0) is 15.6. The Morgan fingerprint density at radius 3 is 2.38 bits per heavy atom. The molecule has 0 aromatic heterocycles. The lowest BCUT2D eigenvalue weighted by atomic mass is 9.94. The smallest absolute Gasteiger partial charge is 0.327 e. The van der Waals surface area contributed by atoms with Crippen molar-refractivity contribution in [2.24, 2.45) is 11.8 Å². The highest BCUT2D eigenvalue weighted by Crippen LogP contribution is 2.35. The van der Waals surface area contributed by atoms with Crippen LogP contribution in [-0.2, 0) is 4.79 Å². The van der Waals surface area contributed by atoms with Crippen molar-refractivity contribution in [1.29, 1.82) is 0 Å². The molecule has 0 aromatic carbocycles. The molecule has 2 aliphatic heterocycles. The lowest BCUT2D eigenvalue weighted by Crippen LogP contribution is -2.54. The number of hydrogen-bond donors (Lipinski definition) is 1. The Morgan fingerprint density at radius 2 is 1.90 bits per heavy atom. The van der Waals surface area contributed by atoms with Gasteiger partial charge in [0, 0.05) is 18.8 Å². The first-order valence-corrected chi connectivity index (χ1v) is 8.92. The molecule has 0 radical (unpaired) electrons. The third kappa shape index (κ3) is 3.47. The van der Waals surface area contributed by atoms with Gasteiger partial charge in [-0.05, 0) is 24.7 Å². The Morgan fingerprint density at radius 1 is 1.29 bits per heavy atom. The van der Waals surface area contributed by atoms with Gasteiger partial charge in [0.1, 0.15) is 6.04 Å². The molecule has 120 valence electrons. The van der Waals surface area contributed by atoms with E-state index in [1.807, 2.05) is 18.7 Å². The van der Waals surface area contributed by atoms with Gasteiger partial charge >= 0.3 is 12.0 Å². The summed E-state index contributed by atoms with van der Waals surface area (Å²) in [6.07, 6.45) is 3.23. The number of rotatable bonds is 3. The summed E-state index contributed by atoms with van der Waals surface area (Å²) in [5, 5.41) is 9.36. The second-order valence-corrected chi connectivity index (χ2v) is 7.50. The standard InChI is InChI=1S/C15H26N2O3S/c1-4-11-5-7-16(8-6-11)15(20)17-12(14(18)19)9-21-13(17)10(2)3/h10-13H,4-9H2,1-3H3,(H,18,19). The molecule has 2 heterocycles. The van der Waals surface area contributed by atoms with Gasteiger partial charge in [-0.1, -0.05) is 27.2 Å². The molecule has 5 nitrogen and oxygen atoms in total. The van der Waals surface area contributed by atoms with Crippen LogP contribution >= 0.6 is 11.8 Å². The monoisotopic (exact) mass is 314 g/mol. The fraction of sp³-hybridized carbons (Fsp3) is 0.867. The molecule has 2 amide bonds. The molecule has 0 spiro atoms. The fourth-order valence-corrected chi connectivity index (χ4v) is 4.63. The molecule has 2 unspecified atom stereocenters. The zero-order valence-corrected chi connectivity index (χ0v) is 13.9. The lowest BCUT2D eigenvalue weighted by molar-refractivity contribution is -0.141. The number of aliphatic carboxylic acids is 1. The molecule has 0 bridgehead atoms. The first-order chi connectivity index (χ1) is 9.95. The summed E-state index contributed by atoms with van der Waals surface area (Å²) in [4.78, 5) is 27.7. The van der Waals surface area contributed by atoms with Crippen LogP contribution in [0.4, 0.5) is 4.79 Å². The molecular weight excluding hydrogens is 288 g/mol. The largest absolute Gasteiger partial charge is 0.480 e. The van der Waals surface area contributed by atoms with Crippen molar-refractivity contribution < 1.29 is 14.7 Å². The maximum absolute atomic E-state index is 12.8. The van der Waals surface area contributed by atoms with Crippen molar-refractivity contribution in [2.45, 2.75) is 51.4 Å². The van der Waals surface area contributed by atoms with Crippen molar-refractivity contribution >= 4 is 23.8 Å². The summed E-state index contributed by atoms with van der Waals surface area (Å²) in [5.41, 5.74) is 0. The summed E-state index contributed by atoms with van der Waals surface area (Å²) in [6, 6.07) is -0.764. The number of carboxylic acids is 1. The van der Waals surface area contributed by atoms with Crippen LogP contribution in [0.2, 0.25) is 0 Å². The van der Waals surface area contributed by atoms with E-state index in [0.29, 0.717) is 11.7 Å². The average molecular weight is 314 g/mol. The van der Waals surface area contributed by atoms with Crippen molar-refractivity contribution in [3.63, 3.8) is 0 Å². The van der Waals surface area contributed by atoms with Gasteiger partial charge in [-0.2, -0.15) is 0 Å². The average Bonchev–Trinajstić information content (AvgIpc) is 2.91.